The minimum atomic E-state index is -3.93. The van der Waals surface area contributed by atoms with E-state index in [9.17, 15) is 18.0 Å². The fourth-order valence-electron chi connectivity index (χ4n) is 7.00. The summed E-state index contributed by atoms with van der Waals surface area (Å²) in [6.07, 6.45) is 8.60. The number of amides is 1. The molecule has 6 rings (SSSR count). The number of hydrogen-bond donors (Lipinski definition) is 1. The molecule has 4 aliphatic rings. The highest BCUT2D eigenvalue weighted by molar-refractivity contribution is 14.1. The third kappa shape index (κ3) is 6.50. The van der Waals surface area contributed by atoms with Crippen LogP contribution in [0.1, 0.15) is 67.4 Å². The molecule has 1 amide bonds. The largest absolute Gasteiger partial charge is 0.490 e. The smallest absolute Gasteiger partial charge is 0.264 e. The first-order valence-corrected chi connectivity index (χ1v) is 19.1. The number of benzene rings is 2. The van der Waals surface area contributed by atoms with Gasteiger partial charge in [0, 0.05) is 35.0 Å². The molecule has 2 aromatic rings. The van der Waals surface area contributed by atoms with Crippen molar-refractivity contribution < 1.29 is 22.7 Å². The van der Waals surface area contributed by atoms with E-state index in [1.54, 1.807) is 37.3 Å². The number of alkyl halides is 1. The van der Waals surface area contributed by atoms with Gasteiger partial charge in [-0.1, -0.05) is 53.3 Å². The predicted molar refractivity (Wildman–Crippen MR) is 180 cm³/mol. The zero-order chi connectivity index (χ0) is 30.9. The number of nitrogens with zero attached hydrogens (tertiary/aromatic N) is 1. The number of ketones is 1. The number of ether oxygens (including phenoxy) is 1. The van der Waals surface area contributed by atoms with Crippen LogP contribution in [0.4, 0.5) is 5.69 Å². The second kappa shape index (κ2) is 13.1. The normalized spacial score (nSPS) is 30.7. The van der Waals surface area contributed by atoms with Crippen molar-refractivity contribution >= 4 is 61.6 Å². The SMILES string of the molecule is CI.C[C@@H]1[C@@H](C)C/C=C/C(=O)[C@@H]2CC[C@H]2CN2C[C@@]3(CCCc4cc(Cl)ccc43)COc3ccc(cc32)C(=O)NS1(=O)=O. The summed E-state index contributed by atoms with van der Waals surface area (Å²) in [6, 6.07) is 11.3. The first-order valence-electron chi connectivity index (χ1n) is 15.0. The molecular weight excluding hydrogens is 699 g/mol. The number of halogens is 2. The highest BCUT2D eigenvalue weighted by atomic mass is 127. The highest BCUT2D eigenvalue weighted by Gasteiger charge is 2.44. The van der Waals surface area contributed by atoms with Crippen molar-refractivity contribution in [2.45, 2.75) is 63.0 Å². The van der Waals surface area contributed by atoms with Crippen molar-refractivity contribution in [1.82, 2.24) is 4.72 Å². The summed E-state index contributed by atoms with van der Waals surface area (Å²) in [5.74, 6) is -0.0319. The molecule has 0 aromatic heterocycles. The Morgan fingerprint density at radius 1 is 1.09 bits per heavy atom. The van der Waals surface area contributed by atoms with E-state index < -0.39 is 21.2 Å². The van der Waals surface area contributed by atoms with Crippen molar-refractivity contribution in [2.24, 2.45) is 17.8 Å². The van der Waals surface area contributed by atoms with Crippen LogP contribution < -0.4 is 14.4 Å². The Balaban J connectivity index is 0.00000180. The molecule has 0 unspecified atom stereocenters. The van der Waals surface area contributed by atoms with E-state index in [0.717, 1.165) is 42.8 Å². The molecule has 43 heavy (non-hydrogen) atoms. The van der Waals surface area contributed by atoms with E-state index in [4.69, 9.17) is 16.3 Å². The van der Waals surface area contributed by atoms with Crippen LogP contribution in [0.5, 0.6) is 5.75 Å². The maximum absolute atomic E-state index is 13.3. The Morgan fingerprint density at radius 3 is 2.63 bits per heavy atom. The molecule has 2 bridgehead atoms. The van der Waals surface area contributed by atoms with Gasteiger partial charge in [-0.2, -0.15) is 0 Å². The van der Waals surface area contributed by atoms with Crippen molar-refractivity contribution in [2.75, 3.05) is 29.5 Å². The van der Waals surface area contributed by atoms with Gasteiger partial charge in [0.2, 0.25) is 10.0 Å². The van der Waals surface area contributed by atoms with Crippen molar-refractivity contribution in [3.63, 3.8) is 0 Å². The number of fused-ring (bicyclic) bond motifs is 4. The number of nitrogens with one attached hydrogen (secondary N) is 1. The van der Waals surface area contributed by atoms with Crippen LogP contribution in [0.2, 0.25) is 5.02 Å². The Hall–Kier alpha value is -2.11. The first kappa shape index (κ1) is 32.3. The van der Waals surface area contributed by atoms with E-state index in [2.05, 4.69) is 44.3 Å². The fourth-order valence-corrected chi connectivity index (χ4v) is 8.48. The zero-order valence-electron chi connectivity index (χ0n) is 24.9. The van der Waals surface area contributed by atoms with E-state index in [-0.39, 0.29) is 34.5 Å². The summed E-state index contributed by atoms with van der Waals surface area (Å²) in [7, 11) is -3.93. The van der Waals surface area contributed by atoms with Gasteiger partial charge in [-0.25, -0.2) is 13.1 Å². The van der Waals surface area contributed by atoms with Gasteiger partial charge in [-0.15, -0.1) is 0 Å². The van der Waals surface area contributed by atoms with Gasteiger partial charge in [0.05, 0.1) is 17.5 Å². The lowest BCUT2D eigenvalue weighted by Crippen LogP contribution is -2.49. The maximum atomic E-state index is 13.3. The lowest BCUT2D eigenvalue weighted by atomic mass is 9.68. The molecule has 7 nitrogen and oxygen atoms in total. The lowest BCUT2D eigenvalue weighted by molar-refractivity contribution is -0.122. The second-order valence-corrected chi connectivity index (χ2v) is 14.9. The van der Waals surface area contributed by atoms with Gasteiger partial charge < -0.3 is 9.64 Å². The molecule has 1 saturated carbocycles. The van der Waals surface area contributed by atoms with E-state index in [0.29, 0.717) is 31.9 Å². The molecule has 1 N–H and O–H groups in total. The Labute approximate surface area is 274 Å². The molecule has 2 aliphatic heterocycles. The summed E-state index contributed by atoms with van der Waals surface area (Å²) in [5, 5.41) is -0.0854. The number of carbonyl (C=O) groups excluding carboxylic acids is 2. The number of carbonyl (C=O) groups is 2. The third-order valence-corrected chi connectivity index (χ3v) is 12.0. The van der Waals surface area contributed by atoms with Crippen molar-refractivity contribution in [3.05, 3.63) is 70.3 Å². The molecule has 10 heteroatoms. The molecule has 1 spiro atoms. The molecule has 2 heterocycles. The molecule has 5 atom stereocenters. The van der Waals surface area contributed by atoms with Gasteiger partial charge in [0.15, 0.2) is 5.78 Å². The average molecular weight is 739 g/mol. The number of rotatable bonds is 0. The summed E-state index contributed by atoms with van der Waals surface area (Å²) in [4.78, 5) is 30.8. The predicted octanol–water partition coefficient (Wildman–Crippen LogP) is 6.50. The Kier molecular flexibility index (Phi) is 9.83. The molecule has 0 saturated heterocycles. The van der Waals surface area contributed by atoms with Crippen LogP contribution in [0.3, 0.4) is 0 Å². The Bertz CT molecular complexity index is 1530. The molecule has 2 aromatic carbocycles. The molecular formula is C33H40ClIN2O5S. The standard InChI is InChI=1S/C32H37ClN2O5S.CH3I/c1-20-5-3-7-29(36)26-11-8-24(26)17-35-18-32(14-4-6-22-15-25(33)10-12-27(22)32)19-40-30-13-9-23(16-28(30)35)31(37)34-41(38,39)21(20)2;1-2/h3,7,9-10,12-13,15-16,20-21,24,26H,4-6,8,11,14,17-19H2,1-2H3,(H,34,37);1H3/b7-3+;/t20-,21+,24-,26+,32-;/m0./s1. The van der Waals surface area contributed by atoms with Gasteiger partial charge >= 0.3 is 0 Å². The van der Waals surface area contributed by atoms with Crippen LogP contribution in [0.25, 0.3) is 0 Å². The number of aryl methyl sites for hydroxylation is 1. The maximum Gasteiger partial charge on any atom is 0.264 e. The topological polar surface area (TPSA) is 92.8 Å². The Morgan fingerprint density at radius 2 is 1.88 bits per heavy atom. The second-order valence-electron chi connectivity index (χ2n) is 12.4. The number of anilines is 1. The quantitative estimate of drug-likeness (QED) is 0.245. The van der Waals surface area contributed by atoms with Crippen LogP contribution in [-0.2, 0) is 26.7 Å². The highest BCUT2D eigenvalue weighted by Crippen LogP contribution is 2.46. The average Bonchev–Trinajstić information content (AvgIpc) is 3.12. The van der Waals surface area contributed by atoms with Gasteiger partial charge in [0.1, 0.15) is 5.75 Å². The molecule has 232 valence electrons. The number of allylic oxidation sites excluding steroid dienone is 2. The van der Waals surface area contributed by atoms with E-state index in [1.165, 1.54) is 11.1 Å². The van der Waals surface area contributed by atoms with Crippen molar-refractivity contribution in [1.29, 1.82) is 0 Å². The zero-order valence-corrected chi connectivity index (χ0v) is 28.7. The van der Waals surface area contributed by atoms with Gasteiger partial charge in [-0.3, -0.25) is 9.59 Å². The van der Waals surface area contributed by atoms with Crippen LogP contribution in [0, 0.1) is 17.8 Å². The molecule has 1 fully saturated rings. The lowest BCUT2D eigenvalue weighted by Gasteiger charge is -2.44. The summed E-state index contributed by atoms with van der Waals surface area (Å²) in [5.41, 5.74) is 3.22. The summed E-state index contributed by atoms with van der Waals surface area (Å²) < 4.78 is 35.0. The fraction of sp³-hybridized carbons (Fsp3) is 0.515. The number of sulfonamides is 1. The van der Waals surface area contributed by atoms with E-state index >= 15 is 0 Å². The summed E-state index contributed by atoms with van der Waals surface area (Å²) >= 11 is 8.52. The van der Waals surface area contributed by atoms with E-state index in [1.807, 2.05) is 17.9 Å². The van der Waals surface area contributed by atoms with Gasteiger partial charge in [-0.05, 0) is 110 Å². The minimum Gasteiger partial charge on any atom is -0.490 e. The van der Waals surface area contributed by atoms with Crippen LogP contribution in [-0.4, -0.2) is 50.0 Å². The first-order chi connectivity index (χ1) is 20.6. The van der Waals surface area contributed by atoms with Crippen LogP contribution in [0.15, 0.2) is 48.6 Å². The number of hydrogen-bond acceptors (Lipinski definition) is 6. The molecule has 0 radical (unpaired) electrons. The molecule has 2 aliphatic carbocycles. The van der Waals surface area contributed by atoms with Crippen molar-refractivity contribution in [3.8, 4) is 5.75 Å². The van der Waals surface area contributed by atoms with Gasteiger partial charge in [0.25, 0.3) is 5.91 Å². The van der Waals surface area contributed by atoms with Crippen LogP contribution >= 0.6 is 34.2 Å². The third-order valence-electron chi connectivity index (χ3n) is 9.85. The monoisotopic (exact) mass is 738 g/mol. The minimum absolute atomic E-state index is 0.0666. The summed E-state index contributed by atoms with van der Waals surface area (Å²) in [6.45, 7) is 5.23.